The molecule has 1 saturated heterocycles. The molecule has 2 aromatic carbocycles. The summed E-state index contributed by atoms with van der Waals surface area (Å²) >= 11 is 18.0. The Balaban J connectivity index is 1.80. The minimum atomic E-state index is -3.72. The van der Waals surface area contributed by atoms with Gasteiger partial charge in [0, 0.05) is 31.9 Å². The molecule has 3 rings (SSSR count). The molecule has 26 heavy (non-hydrogen) atoms. The number of rotatable bonds is 4. The number of hydrogen-bond acceptors (Lipinski definition) is 3. The van der Waals surface area contributed by atoms with Crippen LogP contribution < -0.4 is 4.90 Å². The van der Waals surface area contributed by atoms with Gasteiger partial charge < -0.3 is 4.90 Å². The van der Waals surface area contributed by atoms with Crippen molar-refractivity contribution < 1.29 is 8.42 Å². The number of aryl methyl sites for hydroxylation is 1. The van der Waals surface area contributed by atoms with Crippen LogP contribution in [0.1, 0.15) is 12.5 Å². The average molecular weight is 434 g/mol. The molecule has 0 unspecified atom stereocenters. The number of anilines is 1. The van der Waals surface area contributed by atoms with Crippen LogP contribution in [0.15, 0.2) is 41.3 Å². The predicted octanol–water partition coefficient (Wildman–Crippen LogP) is 4.72. The van der Waals surface area contributed by atoms with Gasteiger partial charge in [0.25, 0.3) is 0 Å². The lowest BCUT2D eigenvalue weighted by Crippen LogP contribution is -2.49. The summed E-state index contributed by atoms with van der Waals surface area (Å²) in [5.74, 6) is 0. The summed E-state index contributed by atoms with van der Waals surface area (Å²) < 4.78 is 27.4. The molecule has 1 aliphatic rings. The summed E-state index contributed by atoms with van der Waals surface area (Å²) in [6, 6.07) is 10.9. The molecule has 4 nitrogen and oxygen atoms in total. The molecule has 1 fully saturated rings. The van der Waals surface area contributed by atoms with Gasteiger partial charge in [0.15, 0.2) is 0 Å². The van der Waals surface area contributed by atoms with Crippen LogP contribution in [-0.2, 0) is 16.4 Å². The standard InChI is InChI=1S/C18H19Cl3N2O2S/c1-2-13-5-3-4-6-17(13)22-7-9-23(10-8-22)26(24,25)18-12-15(20)14(19)11-16(18)21/h3-6,11-12H,2,7-10H2,1H3. The van der Waals surface area contributed by atoms with Crippen molar-refractivity contribution >= 4 is 50.5 Å². The number of hydrogen-bond donors (Lipinski definition) is 0. The fourth-order valence-electron chi connectivity index (χ4n) is 3.13. The summed E-state index contributed by atoms with van der Waals surface area (Å²) in [4.78, 5) is 2.22. The highest BCUT2D eigenvalue weighted by molar-refractivity contribution is 7.89. The molecule has 0 aliphatic carbocycles. The topological polar surface area (TPSA) is 40.6 Å². The van der Waals surface area contributed by atoms with E-state index < -0.39 is 10.0 Å². The van der Waals surface area contributed by atoms with Gasteiger partial charge in [-0.3, -0.25) is 0 Å². The third kappa shape index (κ3) is 3.82. The van der Waals surface area contributed by atoms with Crippen molar-refractivity contribution in [3.63, 3.8) is 0 Å². The second-order valence-electron chi connectivity index (χ2n) is 6.07. The van der Waals surface area contributed by atoms with E-state index in [0.717, 1.165) is 6.42 Å². The first-order valence-corrected chi connectivity index (χ1v) is 10.9. The normalized spacial score (nSPS) is 16.1. The van der Waals surface area contributed by atoms with Crippen molar-refractivity contribution in [2.75, 3.05) is 31.1 Å². The summed E-state index contributed by atoms with van der Waals surface area (Å²) in [5, 5.41) is 0.486. The number of nitrogens with zero attached hydrogens (tertiary/aromatic N) is 2. The van der Waals surface area contributed by atoms with Gasteiger partial charge in [0.1, 0.15) is 4.90 Å². The Kier molecular flexibility index (Phi) is 6.04. The lowest BCUT2D eigenvalue weighted by Gasteiger charge is -2.36. The first-order valence-electron chi connectivity index (χ1n) is 8.32. The Bertz CT molecular complexity index is 911. The van der Waals surface area contributed by atoms with Crippen molar-refractivity contribution in [2.45, 2.75) is 18.2 Å². The van der Waals surface area contributed by atoms with Gasteiger partial charge in [-0.1, -0.05) is 59.9 Å². The lowest BCUT2D eigenvalue weighted by molar-refractivity contribution is 0.384. The Morgan fingerprint density at radius 2 is 1.54 bits per heavy atom. The zero-order valence-electron chi connectivity index (χ0n) is 14.3. The highest BCUT2D eigenvalue weighted by Gasteiger charge is 2.31. The van der Waals surface area contributed by atoms with E-state index in [1.54, 1.807) is 0 Å². The lowest BCUT2D eigenvalue weighted by atomic mass is 10.1. The van der Waals surface area contributed by atoms with E-state index in [1.807, 2.05) is 12.1 Å². The number of para-hydroxylation sites is 1. The van der Waals surface area contributed by atoms with Gasteiger partial charge >= 0.3 is 0 Å². The zero-order chi connectivity index (χ0) is 18.9. The van der Waals surface area contributed by atoms with Gasteiger partial charge in [-0.25, -0.2) is 8.42 Å². The van der Waals surface area contributed by atoms with E-state index >= 15 is 0 Å². The van der Waals surface area contributed by atoms with Gasteiger partial charge in [0.2, 0.25) is 10.0 Å². The first-order chi connectivity index (χ1) is 12.3. The minimum Gasteiger partial charge on any atom is -0.369 e. The van der Waals surface area contributed by atoms with E-state index in [9.17, 15) is 8.42 Å². The maximum absolute atomic E-state index is 13.0. The fraction of sp³-hybridized carbons (Fsp3) is 0.333. The van der Waals surface area contributed by atoms with Crippen LogP contribution in [0.3, 0.4) is 0 Å². The monoisotopic (exact) mass is 432 g/mol. The molecule has 0 radical (unpaired) electrons. The third-order valence-corrected chi connectivity index (χ3v) is 7.63. The number of sulfonamides is 1. The quantitative estimate of drug-likeness (QED) is 0.655. The minimum absolute atomic E-state index is 0.00373. The molecule has 1 aliphatic heterocycles. The van der Waals surface area contributed by atoms with Crippen LogP contribution in [0.5, 0.6) is 0 Å². The highest BCUT2D eigenvalue weighted by Crippen LogP contribution is 2.33. The molecule has 8 heteroatoms. The second-order valence-corrected chi connectivity index (χ2v) is 9.20. The van der Waals surface area contributed by atoms with Gasteiger partial charge in [-0.15, -0.1) is 0 Å². The maximum atomic E-state index is 13.0. The molecule has 0 bridgehead atoms. The first kappa shape index (κ1) is 19.8. The van der Waals surface area contributed by atoms with Crippen molar-refractivity contribution in [3.05, 3.63) is 57.0 Å². The van der Waals surface area contributed by atoms with Crippen molar-refractivity contribution in [3.8, 4) is 0 Å². The molecule has 0 spiro atoms. The second kappa shape index (κ2) is 7.95. The van der Waals surface area contributed by atoms with E-state index in [1.165, 1.54) is 27.7 Å². The Morgan fingerprint density at radius 3 is 2.19 bits per heavy atom. The van der Waals surface area contributed by atoms with E-state index in [-0.39, 0.29) is 20.0 Å². The summed E-state index contributed by atoms with van der Waals surface area (Å²) in [7, 11) is -3.72. The Labute approximate surface area is 169 Å². The van der Waals surface area contributed by atoms with E-state index in [2.05, 4.69) is 24.0 Å². The molecular weight excluding hydrogens is 415 g/mol. The Morgan fingerprint density at radius 1 is 0.923 bits per heavy atom. The average Bonchev–Trinajstić information content (AvgIpc) is 2.64. The molecule has 0 N–H and O–H groups in total. The van der Waals surface area contributed by atoms with E-state index in [4.69, 9.17) is 34.8 Å². The molecule has 0 amide bonds. The Hall–Kier alpha value is -0.980. The third-order valence-electron chi connectivity index (χ3n) is 4.54. The molecule has 0 saturated carbocycles. The zero-order valence-corrected chi connectivity index (χ0v) is 17.3. The molecule has 1 heterocycles. The largest absolute Gasteiger partial charge is 0.369 e. The maximum Gasteiger partial charge on any atom is 0.244 e. The highest BCUT2D eigenvalue weighted by atomic mass is 35.5. The van der Waals surface area contributed by atoms with E-state index in [0.29, 0.717) is 26.2 Å². The molecule has 2 aromatic rings. The van der Waals surface area contributed by atoms with Crippen LogP contribution in [0.4, 0.5) is 5.69 Å². The summed E-state index contributed by atoms with van der Waals surface area (Å²) in [6.07, 6.45) is 0.938. The SMILES string of the molecule is CCc1ccccc1N1CCN(S(=O)(=O)c2cc(Cl)c(Cl)cc2Cl)CC1. The summed E-state index contributed by atoms with van der Waals surface area (Å²) in [6.45, 7) is 4.13. The van der Waals surface area contributed by atoms with Crippen molar-refractivity contribution in [1.29, 1.82) is 0 Å². The van der Waals surface area contributed by atoms with Crippen LogP contribution >= 0.6 is 34.8 Å². The van der Waals surface area contributed by atoms with Crippen LogP contribution in [0.2, 0.25) is 15.1 Å². The van der Waals surface area contributed by atoms with Gasteiger partial charge in [-0.2, -0.15) is 4.31 Å². The predicted molar refractivity (Wildman–Crippen MR) is 108 cm³/mol. The number of piperazine rings is 1. The molecule has 140 valence electrons. The molecule has 0 atom stereocenters. The fourth-order valence-corrected chi connectivity index (χ4v) is 5.53. The van der Waals surface area contributed by atoms with Crippen molar-refractivity contribution in [2.24, 2.45) is 0 Å². The number of benzene rings is 2. The van der Waals surface area contributed by atoms with Crippen LogP contribution in [0.25, 0.3) is 0 Å². The van der Waals surface area contributed by atoms with Crippen LogP contribution in [0, 0.1) is 0 Å². The summed E-state index contributed by atoms with van der Waals surface area (Å²) in [5.41, 5.74) is 2.43. The van der Waals surface area contributed by atoms with Gasteiger partial charge in [-0.05, 0) is 30.2 Å². The molecule has 0 aromatic heterocycles. The number of halogens is 3. The van der Waals surface area contributed by atoms with Crippen molar-refractivity contribution in [1.82, 2.24) is 4.31 Å². The smallest absolute Gasteiger partial charge is 0.244 e. The van der Waals surface area contributed by atoms with Gasteiger partial charge in [0.05, 0.1) is 15.1 Å². The molecular formula is C18H19Cl3N2O2S. The van der Waals surface area contributed by atoms with Crippen LogP contribution in [-0.4, -0.2) is 38.9 Å².